The van der Waals surface area contributed by atoms with Gasteiger partial charge in [-0.05, 0) is 48.0 Å². The molecule has 5 rings (SSSR count). The lowest BCUT2D eigenvalue weighted by atomic mass is 10.1. The number of carbonyl (C=O) groups excluding carboxylic acids is 3. The van der Waals surface area contributed by atoms with Crippen molar-refractivity contribution in [2.24, 2.45) is 0 Å². The van der Waals surface area contributed by atoms with Gasteiger partial charge in [-0.15, -0.1) is 0 Å². The molecule has 1 saturated heterocycles. The van der Waals surface area contributed by atoms with Gasteiger partial charge in [0.1, 0.15) is 11.3 Å². The normalized spacial score (nSPS) is 14.7. The van der Waals surface area contributed by atoms with E-state index in [4.69, 9.17) is 4.74 Å². The fourth-order valence-electron chi connectivity index (χ4n) is 4.25. The van der Waals surface area contributed by atoms with Gasteiger partial charge in [0.05, 0.1) is 24.4 Å². The van der Waals surface area contributed by atoms with Crippen molar-refractivity contribution in [2.75, 3.05) is 12.0 Å². The van der Waals surface area contributed by atoms with Crippen molar-refractivity contribution in [1.29, 1.82) is 5.26 Å². The first-order chi connectivity index (χ1) is 17.5. The van der Waals surface area contributed by atoms with E-state index in [-0.39, 0.29) is 5.57 Å². The van der Waals surface area contributed by atoms with Gasteiger partial charge < -0.3 is 9.30 Å². The molecule has 1 aliphatic rings. The molecule has 0 atom stereocenters. The number of methoxy groups -OCH3 is 1. The Morgan fingerprint density at radius 1 is 0.972 bits per heavy atom. The quantitative estimate of drug-likeness (QED) is 0.343. The number of nitrogens with one attached hydrogen (secondary N) is 1. The second-order valence-electron chi connectivity index (χ2n) is 8.15. The van der Waals surface area contributed by atoms with Gasteiger partial charge in [0.25, 0.3) is 11.8 Å². The molecule has 36 heavy (non-hydrogen) atoms. The van der Waals surface area contributed by atoms with Crippen molar-refractivity contribution in [3.05, 3.63) is 101 Å². The standard InChI is InChI=1S/C28H20N4O4/c1-36-22-12-10-21(11-13-22)32-27(34)24(26(33)30-28(32)35)14-20-17-31(25-9-5-4-8-23(20)25)16-19-7-3-2-6-18(19)15-29/h2-14,17H,16H2,1H3,(H,30,33,35). The van der Waals surface area contributed by atoms with Crippen LogP contribution in [-0.4, -0.2) is 29.5 Å². The SMILES string of the molecule is COc1ccc(N2C(=O)NC(=O)C(=Cc3cn(Cc4ccccc4C#N)c4ccccc34)C2=O)cc1. The van der Waals surface area contributed by atoms with Crippen LogP contribution < -0.4 is 15.0 Å². The van der Waals surface area contributed by atoms with E-state index in [9.17, 15) is 19.6 Å². The van der Waals surface area contributed by atoms with Gasteiger partial charge in [0, 0.05) is 29.2 Å². The first kappa shape index (κ1) is 22.6. The molecule has 0 unspecified atom stereocenters. The number of nitrogens with zero attached hydrogens (tertiary/aromatic N) is 3. The summed E-state index contributed by atoms with van der Waals surface area (Å²) in [7, 11) is 1.52. The molecule has 0 saturated carbocycles. The number of nitriles is 1. The van der Waals surface area contributed by atoms with Crippen LogP contribution in [0.3, 0.4) is 0 Å². The average molecular weight is 476 g/mol. The van der Waals surface area contributed by atoms with E-state index in [1.807, 2.05) is 53.2 Å². The van der Waals surface area contributed by atoms with Crippen molar-refractivity contribution in [3.63, 3.8) is 0 Å². The number of anilines is 1. The molecule has 1 fully saturated rings. The summed E-state index contributed by atoms with van der Waals surface area (Å²) in [5.41, 5.74) is 3.10. The molecule has 1 aromatic heterocycles. The zero-order valence-corrected chi connectivity index (χ0v) is 19.3. The highest BCUT2D eigenvalue weighted by Crippen LogP contribution is 2.28. The summed E-state index contributed by atoms with van der Waals surface area (Å²) in [5, 5.41) is 12.5. The Bertz CT molecular complexity index is 1590. The molecular weight excluding hydrogens is 456 g/mol. The van der Waals surface area contributed by atoms with Crippen LogP contribution >= 0.6 is 0 Å². The topological polar surface area (TPSA) is 104 Å². The van der Waals surface area contributed by atoms with Crippen LogP contribution in [0.15, 0.2) is 84.6 Å². The lowest BCUT2D eigenvalue weighted by Crippen LogP contribution is -2.54. The molecule has 8 heteroatoms. The Morgan fingerprint density at radius 3 is 2.44 bits per heavy atom. The second kappa shape index (κ2) is 9.24. The number of imide groups is 2. The Kier molecular flexibility index (Phi) is 5.80. The summed E-state index contributed by atoms with van der Waals surface area (Å²) < 4.78 is 7.11. The van der Waals surface area contributed by atoms with Crippen molar-refractivity contribution in [3.8, 4) is 11.8 Å². The van der Waals surface area contributed by atoms with Crippen LogP contribution in [-0.2, 0) is 16.1 Å². The van der Waals surface area contributed by atoms with Crippen LogP contribution in [0.25, 0.3) is 17.0 Å². The summed E-state index contributed by atoms with van der Waals surface area (Å²) in [6.07, 6.45) is 3.33. The second-order valence-corrected chi connectivity index (χ2v) is 8.15. The smallest absolute Gasteiger partial charge is 0.335 e. The third-order valence-corrected chi connectivity index (χ3v) is 6.03. The summed E-state index contributed by atoms with van der Waals surface area (Å²) in [5.74, 6) is -0.914. The van der Waals surface area contributed by atoms with Crippen LogP contribution in [0.2, 0.25) is 0 Å². The van der Waals surface area contributed by atoms with Gasteiger partial charge in [-0.25, -0.2) is 9.69 Å². The number of para-hydroxylation sites is 1. The van der Waals surface area contributed by atoms with Crippen LogP contribution in [0, 0.1) is 11.3 Å². The molecular formula is C28H20N4O4. The Balaban J connectivity index is 1.56. The van der Waals surface area contributed by atoms with Crippen molar-refractivity contribution in [2.45, 2.75) is 6.54 Å². The van der Waals surface area contributed by atoms with Gasteiger partial charge in [-0.3, -0.25) is 14.9 Å². The van der Waals surface area contributed by atoms with E-state index < -0.39 is 17.8 Å². The zero-order chi connectivity index (χ0) is 25.2. The fourth-order valence-corrected chi connectivity index (χ4v) is 4.25. The van der Waals surface area contributed by atoms with Crippen molar-refractivity contribution >= 4 is 40.5 Å². The molecule has 2 heterocycles. The molecule has 3 aromatic carbocycles. The van der Waals surface area contributed by atoms with E-state index in [0.717, 1.165) is 21.4 Å². The summed E-state index contributed by atoms with van der Waals surface area (Å²) in [6.45, 7) is 0.435. The number of ether oxygens (including phenoxy) is 1. The number of rotatable bonds is 5. The molecule has 4 amide bonds. The highest BCUT2D eigenvalue weighted by Gasteiger charge is 2.37. The van der Waals surface area contributed by atoms with Gasteiger partial charge in [-0.1, -0.05) is 36.4 Å². The third kappa shape index (κ3) is 3.99. The number of hydrogen-bond donors (Lipinski definition) is 1. The lowest BCUT2D eigenvalue weighted by Gasteiger charge is -2.26. The minimum atomic E-state index is -0.817. The van der Waals surface area contributed by atoms with E-state index in [1.165, 1.54) is 13.2 Å². The monoisotopic (exact) mass is 476 g/mol. The minimum absolute atomic E-state index is 0.161. The fraction of sp³-hybridized carbons (Fsp3) is 0.0714. The van der Waals surface area contributed by atoms with Crippen molar-refractivity contribution in [1.82, 2.24) is 9.88 Å². The predicted octanol–water partition coefficient (Wildman–Crippen LogP) is 4.24. The Morgan fingerprint density at radius 2 is 1.69 bits per heavy atom. The summed E-state index contributed by atoms with van der Waals surface area (Å²) in [6, 6.07) is 22.7. The van der Waals surface area contributed by atoms with Gasteiger partial charge in [0.15, 0.2) is 0 Å². The summed E-state index contributed by atoms with van der Waals surface area (Å²) in [4.78, 5) is 39.5. The Labute approximate surface area is 206 Å². The maximum atomic E-state index is 13.3. The highest BCUT2D eigenvalue weighted by molar-refractivity contribution is 6.39. The molecule has 8 nitrogen and oxygen atoms in total. The van der Waals surface area contributed by atoms with Crippen LogP contribution in [0.1, 0.15) is 16.7 Å². The number of fused-ring (bicyclic) bond motifs is 1. The average Bonchev–Trinajstić information content (AvgIpc) is 3.24. The van der Waals surface area contributed by atoms with E-state index in [0.29, 0.717) is 29.1 Å². The van der Waals surface area contributed by atoms with Gasteiger partial charge in [-0.2, -0.15) is 5.26 Å². The molecule has 0 spiro atoms. The number of barbiturate groups is 1. The highest BCUT2D eigenvalue weighted by atomic mass is 16.5. The first-order valence-electron chi connectivity index (χ1n) is 11.1. The number of amides is 4. The van der Waals surface area contributed by atoms with Crippen LogP contribution in [0.5, 0.6) is 5.75 Å². The number of benzene rings is 3. The zero-order valence-electron chi connectivity index (χ0n) is 19.3. The maximum Gasteiger partial charge on any atom is 0.335 e. The van der Waals surface area contributed by atoms with Gasteiger partial charge in [0.2, 0.25) is 0 Å². The molecule has 0 bridgehead atoms. The maximum absolute atomic E-state index is 13.3. The van der Waals surface area contributed by atoms with Crippen LogP contribution in [0.4, 0.5) is 10.5 Å². The molecule has 1 aliphatic heterocycles. The lowest BCUT2D eigenvalue weighted by molar-refractivity contribution is -0.122. The van der Waals surface area contributed by atoms with Crippen molar-refractivity contribution < 1.29 is 19.1 Å². The third-order valence-electron chi connectivity index (χ3n) is 6.03. The largest absolute Gasteiger partial charge is 0.497 e. The van der Waals surface area contributed by atoms with E-state index >= 15 is 0 Å². The first-order valence-corrected chi connectivity index (χ1v) is 11.1. The molecule has 1 N–H and O–H groups in total. The van der Waals surface area contributed by atoms with Gasteiger partial charge >= 0.3 is 6.03 Å². The molecule has 0 radical (unpaired) electrons. The molecule has 4 aromatic rings. The minimum Gasteiger partial charge on any atom is -0.497 e. The number of carbonyl (C=O) groups is 3. The van der Waals surface area contributed by atoms with E-state index in [2.05, 4.69) is 11.4 Å². The van der Waals surface area contributed by atoms with E-state index in [1.54, 1.807) is 30.3 Å². The summed E-state index contributed by atoms with van der Waals surface area (Å²) >= 11 is 0. The molecule has 0 aliphatic carbocycles. The number of urea groups is 1. The Hall–Kier alpha value is -5.16. The number of aromatic nitrogens is 1. The predicted molar refractivity (Wildman–Crippen MR) is 134 cm³/mol. The number of hydrogen-bond acceptors (Lipinski definition) is 5. The molecule has 176 valence electrons.